The molecule has 0 aromatic heterocycles. The highest BCUT2D eigenvalue weighted by molar-refractivity contribution is 5.66. The maximum Gasteiger partial charge on any atom is 0.0595 e. The second-order valence-electron chi connectivity index (χ2n) is 6.84. The lowest BCUT2D eigenvalue weighted by atomic mass is 9.99. The molecule has 0 aliphatic carbocycles. The maximum absolute atomic E-state index is 5.49. The van der Waals surface area contributed by atoms with Crippen LogP contribution in [0, 0.1) is 0 Å². The van der Waals surface area contributed by atoms with Gasteiger partial charge in [-0.15, -0.1) is 0 Å². The van der Waals surface area contributed by atoms with Gasteiger partial charge in [0.25, 0.3) is 0 Å². The Kier molecular flexibility index (Phi) is 4.07. The van der Waals surface area contributed by atoms with Gasteiger partial charge in [-0.3, -0.25) is 4.90 Å². The van der Waals surface area contributed by atoms with Gasteiger partial charge in [-0.2, -0.15) is 0 Å². The van der Waals surface area contributed by atoms with E-state index in [2.05, 4.69) is 27.2 Å². The molecule has 4 rings (SSSR count). The molecule has 0 bridgehead atoms. The van der Waals surface area contributed by atoms with E-state index in [9.17, 15) is 0 Å². The highest BCUT2D eigenvalue weighted by Crippen LogP contribution is 2.36. The lowest BCUT2D eigenvalue weighted by Gasteiger charge is -2.31. The number of piperidine rings is 1. The summed E-state index contributed by atoms with van der Waals surface area (Å²) in [6.07, 6.45) is 4.05. The molecule has 1 aromatic carbocycles. The summed E-state index contributed by atoms with van der Waals surface area (Å²) >= 11 is 0. The smallest absolute Gasteiger partial charge is 0.0595 e. The fourth-order valence-corrected chi connectivity index (χ4v) is 4.25. The molecule has 1 saturated heterocycles. The quantitative estimate of drug-likeness (QED) is 0.921. The van der Waals surface area contributed by atoms with Crippen LogP contribution in [0.2, 0.25) is 0 Å². The zero-order valence-electron chi connectivity index (χ0n) is 13.6. The summed E-state index contributed by atoms with van der Waals surface area (Å²) in [5, 5.41) is 3.54. The Balaban J connectivity index is 1.53. The minimum absolute atomic E-state index is 0.472. The zero-order chi connectivity index (χ0) is 14.9. The van der Waals surface area contributed by atoms with Crippen molar-refractivity contribution in [3.63, 3.8) is 0 Å². The standard InChI is InChI=1S/C18H27N3O/c1-22-16-4-8-20(9-5-16)13-15-3-2-14-12-19-7-11-21-10-6-17(15)18(14)21/h2-3,16,19H,4-13H2,1H3. The lowest BCUT2D eigenvalue weighted by Crippen LogP contribution is -2.36. The highest BCUT2D eigenvalue weighted by Gasteiger charge is 2.27. The Morgan fingerprint density at radius 2 is 2.05 bits per heavy atom. The fourth-order valence-electron chi connectivity index (χ4n) is 4.25. The number of nitrogens with zero attached hydrogens (tertiary/aromatic N) is 2. The molecular formula is C18H27N3O. The molecule has 22 heavy (non-hydrogen) atoms. The van der Waals surface area contributed by atoms with Gasteiger partial charge >= 0.3 is 0 Å². The molecule has 1 N–H and O–H groups in total. The van der Waals surface area contributed by atoms with Crippen molar-refractivity contribution in [3.8, 4) is 0 Å². The number of rotatable bonds is 3. The first-order chi connectivity index (χ1) is 10.8. The van der Waals surface area contributed by atoms with Gasteiger partial charge in [-0.05, 0) is 36.0 Å². The van der Waals surface area contributed by atoms with Gasteiger partial charge in [-0.25, -0.2) is 0 Å². The third-order valence-corrected chi connectivity index (χ3v) is 5.55. The van der Waals surface area contributed by atoms with Crippen molar-refractivity contribution in [1.29, 1.82) is 0 Å². The number of ether oxygens (including phenoxy) is 1. The van der Waals surface area contributed by atoms with Gasteiger partial charge in [-0.1, -0.05) is 12.1 Å². The zero-order valence-corrected chi connectivity index (χ0v) is 13.6. The Morgan fingerprint density at radius 1 is 1.18 bits per heavy atom. The molecule has 1 aromatic rings. The maximum atomic E-state index is 5.49. The molecule has 0 unspecified atom stereocenters. The second-order valence-corrected chi connectivity index (χ2v) is 6.84. The molecule has 120 valence electrons. The van der Waals surface area contributed by atoms with E-state index >= 15 is 0 Å². The molecule has 0 spiro atoms. The van der Waals surface area contributed by atoms with Crippen LogP contribution < -0.4 is 10.2 Å². The molecular weight excluding hydrogens is 274 g/mol. The predicted molar refractivity (Wildman–Crippen MR) is 89.4 cm³/mol. The van der Waals surface area contributed by atoms with Crippen molar-refractivity contribution in [2.75, 3.05) is 44.7 Å². The predicted octanol–water partition coefficient (Wildman–Crippen LogP) is 1.76. The van der Waals surface area contributed by atoms with Crippen molar-refractivity contribution < 1.29 is 4.74 Å². The highest BCUT2D eigenvalue weighted by atomic mass is 16.5. The van der Waals surface area contributed by atoms with Crippen LogP contribution in [-0.2, 0) is 24.2 Å². The molecule has 3 aliphatic heterocycles. The third-order valence-electron chi connectivity index (χ3n) is 5.55. The summed E-state index contributed by atoms with van der Waals surface area (Å²) in [5.74, 6) is 0. The molecule has 0 saturated carbocycles. The first-order valence-corrected chi connectivity index (χ1v) is 8.69. The van der Waals surface area contributed by atoms with E-state index in [1.54, 1.807) is 16.8 Å². The van der Waals surface area contributed by atoms with Crippen molar-refractivity contribution in [2.45, 2.75) is 38.5 Å². The lowest BCUT2D eigenvalue weighted by molar-refractivity contribution is 0.0388. The van der Waals surface area contributed by atoms with E-state index in [1.807, 2.05) is 7.11 Å². The summed E-state index contributed by atoms with van der Waals surface area (Å²) in [6.45, 7) is 7.93. The largest absolute Gasteiger partial charge is 0.381 e. The number of benzene rings is 1. The second kappa shape index (κ2) is 6.19. The topological polar surface area (TPSA) is 27.7 Å². The van der Waals surface area contributed by atoms with E-state index in [0.29, 0.717) is 6.10 Å². The average molecular weight is 301 g/mol. The van der Waals surface area contributed by atoms with Crippen LogP contribution >= 0.6 is 0 Å². The van der Waals surface area contributed by atoms with Crippen LogP contribution in [0.3, 0.4) is 0 Å². The van der Waals surface area contributed by atoms with Crippen molar-refractivity contribution in [1.82, 2.24) is 10.2 Å². The summed E-state index contributed by atoms with van der Waals surface area (Å²) in [4.78, 5) is 5.19. The van der Waals surface area contributed by atoms with Crippen molar-refractivity contribution >= 4 is 5.69 Å². The average Bonchev–Trinajstić information content (AvgIpc) is 2.87. The van der Waals surface area contributed by atoms with Crippen LogP contribution in [0.1, 0.15) is 29.5 Å². The first-order valence-electron chi connectivity index (χ1n) is 8.69. The first kappa shape index (κ1) is 14.5. The Labute approximate surface area is 133 Å². The van der Waals surface area contributed by atoms with Crippen LogP contribution in [0.5, 0.6) is 0 Å². The molecule has 0 atom stereocenters. The van der Waals surface area contributed by atoms with Crippen LogP contribution in [0.15, 0.2) is 12.1 Å². The number of likely N-dealkylation sites (tertiary alicyclic amines) is 1. The van der Waals surface area contributed by atoms with E-state index in [4.69, 9.17) is 4.74 Å². The van der Waals surface area contributed by atoms with Gasteiger partial charge in [0, 0.05) is 58.6 Å². The summed E-state index contributed by atoms with van der Waals surface area (Å²) in [5.41, 5.74) is 6.22. The van der Waals surface area contributed by atoms with Gasteiger partial charge in [0.15, 0.2) is 0 Å². The van der Waals surface area contributed by atoms with Crippen LogP contribution in [0.4, 0.5) is 5.69 Å². The minimum Gasteiger partial charge on any atom is -0.381 e. The molecule has 4 heteroatoms. The van der Waals surface area contributed by atoms with E-state index in [1.165, 1.54) is 44.5 Å². The third kappa shape index (κ3) is 2.64. The summed E-state index contributed by atoms with van der Waals surface area (Å²) in [6, 6.07) is 4.74. The molecule has 0 radical (unpaired) electrons. The molecule has 1 fully saturated rings. The van der Waals surface area contributed by atoms with Crippen molar-refractivity contribution in [2.24, 2.45) is 0 Å². The molecule has 4 nitrogen and oxygen atoms in total. The molecule has 3 heterocycles. The molecule has 0 amide bonds. The number of hydrogen-bond donors (Lipinski definition) is 1. The van der Waals surface area contributed by atoms with Crippen LogP contribution in [0.25, 0.3) is 0 Å². The van der Waals surface area contributed by atoms with E-state index in [-0.39, 0.29) is 0 Å². The number of methoxy groups -OCH3 is 1. The van der Waals surface area contributed by atoms with Gasteiger partial charge in [0.1, 0.15) is 0 Å². The van der Waals surface area contributed by atoms with E-state index in [0.717, 1.165) is 26.2 Å². The normalized spacial score (nSPS) is 22.7. The SMILES string of the molecule is COC1CCN(Cc2ccc3c4c2CCN4CCNC3)CC1. The van der Waals surface area contributed by atoms with Gasteiger partial charge in [0.05, 0.1) is 6.10 Å². The Morgan fingerprint density at radius 3 is 2.86 bits per heavy atom. The fraction of sp³-hybridized carbons (Fsp3) is 0.667. The number of hydrogen-bond acceptors (Lipinski definition) is 4. The van der Waals surface area contributed by atoms with E-state index < -0.39 is 0 Å². The van der Waals surface area contributed by atoms with Crippen LogP contribution in [-0.4, -0.2) is 50.8 Å². The van der Waals surface area contributed by atoms with Gasteiger partial charge < -0.3 is 15.0 Å². The summed E-state index contributed by atoms with van der Waals surface area (Å²) in [7, 11) is 1.84. The van der Waals surface area contributed by atoms with Gasteiger partial charge in [0.2, 0.25) is 0 Å². The summed E-state index contributed by atoms with van der Waals surface area (Å²) < 4.78 is 5.49. The number of anilines is 1. The Hall–Kier alpha value is -1.10. The monoisotopic (exact) mass is 301 g/mol. The number of nitrogens with one attached hydrogen (secondary N) is 1. The Bertz CT molecular complexity index is 537. The molecule has 3 aliphatic rings. The van der Waals surface area contributed by atoms with Crippen molar-refractivity contribution in [3.05, 3.63) is 28.8 Å². The minimum atomic E-state index is 0.472.